The molecule has 27 heavy (non-hydrogen) atoms. The lowest BCUT2D eigenvalue weighted by Gasteiger charge is -2.32. The van der Waals surface area contributed by atoms with E-state index in [0.29, 0.717) is 17.9 Å². The highest BCUT2D eigenvalue weighted by Gasteiger charge is 2.25. The number of hydrogen-bond donors (Lipinski definition) is 2. The van der Waals surface area contributed by atoms with Gasteiger partial charge in [0.2, 0.25) is 5.91 Å². The van der Waals surface area contributed by atoms with Crippen LogP contribution < -0.4 is 10.1 Å². The van der Waals surface area contributed by atoms with E-state index >= 15 is 0 Å². The first kappa shape index (κ1) is 21.2. The van der Waals surface area contributed by atoms with Crippen LogP contribution in [0.3, 0.4) is 0 Å². The van der Waals surface area contributed by atoms with E-state index in [9.17, 15) is 9.90 Å². The van der Waals surface area contributed by atoms with E-state index in [1.807, 2.05) is 0 Å². The number of carbonyl (C=O) groups excluding carboxylic acids is 1. The molecule has 1 amide bonds. The van der Waals surface area contributed by atoms with E-state index in [1.165, 1.54) is 0 Å². The maximum absolute atomic E-state index is 12.2. The number of rotatable bonds is 10. The Kier molecular flexibility index (Phi) is 9.09. The first-order valence-electron chi connectivity index (χ1n) is 9.93. The SMILES string of the molecule is CCCCCNC(=O)C1CCN(CC(O)COc2ccc(C#N)cc2)CC1. The molecule has 0 bridgehead atoms. The fraction of sp³-hybridized carbons (Fsp3) is 0.619. The molecular weight excluding hydrogens is 342 g/mol. The monoisotopic (exact) mass is 373 g/mol. The van der Waals surface area contributed by atoms with Gasteiger partial charge in [0.25, 0.3) is 0 Å². The van der Waals surface area contributed by atoms with Crippen molar-refractivity contribution in [2.45, 2.75) is 45.1 Å². The van der Waals surface area contributed by atoms with E-state index in [-0.39, 0.29) is 18.4 Å². The van der Waals surface area contributed by atoms with E-state index in [2.05, 4.69) is 23.2 Å². The van der Waals surface area contributed by atoms with Gasteiger partial charge in [0.15, 0.2) is 0 Å². The van der Waals surface area contributed by atoms with Crippen molar-refractivity contribution in [1.29, 1.82) is 5.26 Å². The summed E-state index contributed by atoms with van der Waals surface area (Å²) in [6.07, 6.45) is 4.45. The van der Waals surface area contributed by atoms with Crippen molar-refractivity contribution >= 4 is 5.91 Å². The summed E-state index contributed by atoms with van der Waals surface area (Å²) in [4.78, 5) is 14.4. The molecule has 1 aromatic rings. The van der Waals surface area contributed by atoms with Crippen LogP contribution >= 0.6 is 0 Å². The lowest BCUT2D eigenvalue weighted by molar-refractivity contribution is -0.126. The van der Waals surface area contributed by atoms with Crippen molar-refractivity contribution in [2.24, 2.45) is 5.92 Å². The minimum Gasteiger partial charge on any atom is -0.491 e. The molecule has 1 heterocycles. The Balaban J connectivity index is 1.62. The highest BCUT2D eigenvalue weighted by molar-refractivity contribution is 5.78. The Morgan fingerprint density at radius 2 is 2.04 bits per heavy atom. The number of benzene rings is 1. The maximum Gasteiger partial charge on any atom is 0.223 e. The van der Waals surface area contributed by atoms with Crippen molar-refractivity contribution in [3.63, 3.8) is 0 Å². The van der Waals surface area contributed by atoms with Crippen LogP contribution in [0.25, 0.3) is 0 Å². The Hall–Kier alpha value is -2.10. The molecule has 2 rings (SSSR count). The number of nitrogens with zero attached hydrogens (tertiary/aromatic N) is 2. The van der Waals surface area contributed by atoms with Crippen molar-refractivity contribution in [2.75, 3.05) is 32.8 Å². The quantitative estimate of drug-likeness (QED) is 0.615. The lowest BCUT2D eigenvalue weighted by atomic mass is 9.95. The van der Waals surface area contributed by atoms with E-state index in [4.69, 9.17) is 10.00 Å². The van der Waals surface area contributed by atoms with Crippen LogP contribution in [0.1, 0.15) is 44.6 Å². The van der Waals surface area contributed by atoms with Gasteiger partial charge in [-0.25, -0.2) is 0 Å². The standard InChI is InChI=1S/C21H31N3O3/c1-2-3-4-11-23-21(26)18-9-12-24(13-10-18)15-19(25)16-27-20-7-5-17(14-22)6-8-20/h5-8,18-19,25H,2-4,9-13,15-16H2,1H3,(H,23,26). The van der Waals surface area contributed by atoms with Crippen LogP contribution in [0.5, 0.6) is 5.75 Å². The largest absolute Gasteiger partial charge is 0.491 e. The minimum absolute atomic E-state index is 0.0925. The number of nitriles is 1. The number of unbranched alkanes of at least 4 members (excludes halogenated alkanes) is 2. The second-order valence-corrected chi connectivity index (χ2v) is 7.17. The fourth-order valence-electron chi connectivity index (χ4n) is 3.28. The molecule has 1 aliphatic rings. The number of carbonyl (C=O) groups is 1. The van der Waals surface area contributed by atoms with Gasteiger partial charge in [-0.05, 0) is 56.6 Å². The highest BCUT2D eigenvalue weighted by Crippen LogP contribution is 2.18. The molecular formula is C21H31N3O3. The van der Waals surface area contributed by atoms with Gasteiger partial charge >= 0.3 is 0 Å². The molecule has 1 saturated heterocycles. The molecule has 2 N–H and O–H groups in total. The zero-order valence-electron chi connectivity index (χ0n) is 16.2. The van der Waals surface area contributed by atoms with Gasteiger partial charge in [0.05, 0.1) is 11.6 Å². The van der Waals surface area contributed by atoms with Gasteiger partial charge in [-0.2, -0.15) is 5.26 Å². The number of aliphatic hydroxyl groups is 1. The number of hydrogen-bond acceptors (Lipinski definition) is 5. The molecule has 148 valence electrons. The van der Waals surface area contributed by atoms with Crippen molar-refractivity contribution < 1.29 is 14.6 Å². The van der Waals surface area contributed by atoms with Gasteiger partial charge in [-0.15, -0.1) is 0 Å². The van der Waals surface area contributed by atoms with Crippen molar-refractivity contribution in [3.8, 4) is 11.8 Å². The molecule has 1 fully saturated rings. The first-order chi connectivity index (χ1) is 13.1. The minimum atomic E-state index is -0.583. The van der Waals surface area contributed by atoms with Crippen LogP contribution in [0.2, 0.25) is 0 Å². The first-order valence-corrected chi connectivity index (χ1v) is 9.93. The Morgan fingerprint density at radius 3 is 2.67 bits per heavy atom. The molecule has 0 aliphatic carbocycles. The topological polar surface area (TPSA) is 85.6 Å². The zero-order chi connectivity index (χ0) is 19.5. The van der Waals surface area contributed by atoms with E-state index < -0.39 is 6.10 Å². The molecule has 1 aliphatic heterocycles. The average Bonchev–Trinajstić information content (AvgIpc) is 2.70. The van der Waals surface area contributed by atoms with Crippen LogP contribution in [-0.2, 0) is 4.79 Å². The fourth-order valence-corrected chi connectivity index (χ4v) is 3.28. The normalized spacial score (nSPS) is 16.5. The zero-order valence-corrected chi connectivity index (χ0v) is 16.2. The van der Waals surface area contributed by atoms with Gasteiger partial charge in [-0.3, -0.25) is 4.79 Å². The predicted octanol–water partition coefficient (Wildman–Crippen LogP) is 2.32. The third-order valence-electron chi connectivity index (χ3n) is 4.93. The maximum atomic E-state index is 12.2. The number of amides is 1. The highest BCUT2D eigenvalue weighted by atomic mass is 16.5. The van der Waals surface area contributed by atoms with Gasteiger partial charge in [-0.1, -0.05) is 19.8 Å². The summed E-state index contributed by atoms with van der Waals surface area (Å²) in [5, 5.41) is 22.0. The van der Waals surface area contributed by atoms with Crippen molar-refractivity contribution in [3.05, 3.63) is 29.8 Å². The third-order valence-corrected chi connectivity index (χ3v) is 4.93. The van der Waals surface area contributed by atoms with Crippen LogP contribution in [0, 0.1) is 17.2 Å². The molecule has 0 radical (unpaired) electrons. The molecule has 1 aromatic carbocycles. The Bertz CT molecular complexity index is 604. The van der Waals surface area contributed by atoms with E-state index in [0.717, 1.165) is 51.7 Å². The molecule has 0 aromatic heterocycles. The number of piperidine rings is 1. The molecule has 1 atom stereocenters. The molecule has 0 saturated carbocycles. The number of nitrogens with one attached hydrogen (secondary N) is 1. The second-order valence-electron chi connectivity index (χ2n) is 7.17. The van der Waals surface area contributed by atoms with E-state index in [1.54, 1.807) is 24.3 Å². The summed E-state index contributed by atoms with van der Waals surface area (Å²) in [6, 6.07) is 8.91. The second kappa shape index (κ2) is 11.6. The molecule has 6 nitrogen and oxygen atoms in total. The number of ether oxygens (including phenoxy) is 1. The smallest absolute Gasteiger partial charge is 0.223 e. The molecule has 6 heteroatoms. The molecule has 1 unspecified atom stereocenters. The van der Waals surface area contributed by atoms with Crippen LogP contribution in [0.15, 0.2) is 24.3 Å². The van der Waals surface area contributed by atoms with Gasteiger partial charge in [0.1, 0.15) is 18.5 Å². The van der Waals surface area contributed by atoms with Crippen LogP contribution in [0.4, 0.5) is 0 Å². The Morgan fingerprint density at radius 1 is 1.33 bits per heavy atom. The van der Waals surface area contributed by atoms with Crippen LogP contribution in [-0.4, -0.2) is 54.8 Å². The summed E-state index contributed by atoms with van der Waals surface area (Å²) in [5.74, 6) is 0.914. The Labute approximate surface area is 162 Å². The summed E-state index contributed by atoms with van der Waals surface area (Å²) in [6.45, 7) is 5.33. The summed E-state index contributed by atoms with van der Waals surface area (Å²) in [5.41, 5.74) is 0.583. The van der Waals surface area contributed by atoms with Gasteiger partial charge in [0, 0.05) is 19.0 Å². The predicted molar refractivity (Wildman–Crippen MR) is 104 cm³/mol. The summed E-state index contributed by atoms with van der Waals surface area (Å²) < 4.78 is 5.58. The average molecular weight is 373 g/mol. The number of likely N-dealkylation sites (tertiary alicyclic amines) is 1. The number of β-amino-alcohol motifs (C(OH)–C–C–N with tert-alkyl or cyclic N) is 1. The number of aliphatic hydroxyl groups excluding tert-OH is 1. The summed E-state index contributed by atoms with van der Waals surface area (Å²) >= 11 is 0. The van der Waals surface area contributed by atoms with Gasteiger partial charge < -0.3 is 20.1 Å². The summed E-state index contributed by atoms with van der Waals surface area (Å²) in [7, 11) is 0. The third kappa shape index (κ3) is 7.58. The lowest BCUT2D eigenvalue weighted by Crippen LogP contribution is -2.44. The van der Waals surface area contributed by atoms with Crippen molar-refractivity contribution in [1.82, 2.24) is 10.2 Å². The molecule has 0 spiro atoms.